The molecule has 3 heterocycles. The Balaban J connectivity index is 1.42. The smallest absolute Gasteiger partial charge is 0.308 e. The molecule has 8 nitrogen and oxygen atoms in total. The van der Waals surface area contributed by atoms with Crippen molar-refractivity contribution in [2.45, 2.75) is 22.7 Å². The average Bonchev–Trinajstić information content (AvgIpc) is 3.40. The number of hydrogen-bond acceptors (Lipinski definition) is 7. The third-order valence-electron chi connectivity index (χ3n) is 6.97. The second-order valence-electron chi connectivity index (χ2n) is 9.34. The minimum absolute atomic E-state index is 0.220. The molecule has 0 aliphatic carbocycles. The number of thiazole rings is 1. The van der Waals surface area contributed by atoms with Gasteiger partial charge in [-0.2, -0.15) is 0 Å². The highest BCUT2D eigenvalue weighted by molar-refractivity contribution is 8.00. The largest absolute Gasteiger partial charge is 0.497 e. The Hall–Kier alpha value is -3.86. The van der Waals surface area contributed by atoms with E-state index >= 15 is 0 Å². The number of benzene rings is 3. The van der Waals surface area contributed by atoms with Gasteiger partial charge in [0.15, 0.2) is 0 Å². The van der Waals surface area contributed by atoms with Gasteiger partial charge in [0.05, 0.1) is 23.7 Å². The summed E-state index contributed by atoms with van der Waals surface area (Å²) in [7, 11) is 1.57. The van der Waals surface area contributed by atoms with E-state index in [4.69, 9.17) is 16.3 Å². The number of hydrogen-bond donors (Lipinski definition) is 1. The molecular formula is C29H22ClN3O5S2. The molecule has 4 aromatic rings. The van der Waals surface area contributed by atoms with E-state index in [0.29, 0.717) is 32.1 Å². The van der Waals surface area contributed by atoms with Gasteiger partial charge in [0.1, 0.15) is 17.5 Å². The fourth-order valence-electron chi connectivity index (χ4n) is 5.14. The minimum atomic E-state index is -0.778. The summed E-state index contributed by atoms with van der Waals surface area (Å²) in [5, 5.41) is 3.05. The van der Waals surface area contributed by atoms with E-state index in [1.807, 2.05) is 18.2 Å². The molecule has 1 saturated heterocycles. The summed E-state index contributed by atoms with van der Waals surface area (Å²) in [6, 6.07) is 22.8. The van der Waals surface area contributed by atoms with Crippen molar-refractivity contribution in [2.24, 2.45) is 5.92 Å². The van der Waals surface area contributed by atoms with Crippen molar-refractivity contribution in [3.8, 4) is 5.75 Å². The number of carbonyl (C=O) groups excluding carboxylic acids is 3. The van der Waals surface area contributed by atoms with Crippen LogP contribution in [0.3, 0.4) is 0 Å². The van der Waals surface area contributed by atoms with E-state index < -0.39 is 17.1 Å². The molecule has 1 aromatic heterocycles. The summed E-state index contributed by atoms with van der Waals surface area (Å²) in [5.41, 5.74) is 1.83. The van der Waals surface area contributed by atoms with Gasteiger partial charge in [-0.25, -0.2) is 4.90 Å². The van der Waals surface area contributed by atoms with Crippen molar-refractivity contribution in [1.29, 1.82) is 0 Å². The van der Waals surface area contributed by atoms with Crippen molar-refractivity contribution in [2.75, 3.05) is 17.3 Å². The summed E-state index contributed by atoms with van der Waals surface area (Å²) in [5.74, 6) is -1.73. The number of para-hydroxylation sites is 1. The second kappa shape index (κ2) is 10.6. The third-order valence-corrected chi connectivity index (χ3v) is 9.82. The lowest BCUT2D eigenvalue weighted by molar-refractivity contribution is -0.122. The third kappa shape index (κ3) is 4.61. The standard InChI is InChI=1S/C29H22ClN3O5S2/c1-38-20-13-7-16(8-14-20)22-23-24(27(36)33(26(23)35)19-11-9-17(30)10-12-19)39-28-25(22)40-29(37)32(28)15-21(34)31-18-5-3-2-4-6-18/h2-14,22-24H,15H2,1H3,(H,31,34)/t22-,23?,24?/m0/s1. The van der Waals surface area contributed by atoms with Crippen molar-refractivity contribution in [1.82, 2.24) is 4.57 Å². The molecule has 0 spiro atoms. The van der Waals surface area contributed by atoms with Crippen LogP contribution in [0, 0.1) is 5.92 Å². The first kappa shape index (κ1) is 26.4. The first-order chi connectivity index (χ1) is 19.4. The summed E-state index contributed by atoms with van der Waals surface area (Å²) in [4.78, 5) is 55.4. The maximum Gasteiger partial charge on any atom is 0.308 e. The number of methoxy groups -OCH3 is 1. The maximum atomic E-state index is 13.9. The fraction of sp³-hybridized carbons (Fsp3) is 0.172. The molecule has 0 saturated carbocycles. The molecule has 3 atom stereocenters. The van der Waals surface area contributed by atoms with E-state index in [0.717, 1.165) is 16.9 Å². The molecule has 6 rings (SSSR count). The zero-order chi connectivity index (χ0) is 28.0. The molecule has 2 aliphatic heterocycles. The number of amides is 3. The molecule has 0 bridgehead atoms. The molecule has 2 unspecified atom stereocenters. The van der Waals surface area contributed by atoms with Crippen LogP contribution in [-0.4, -0.2) is 34.6 Å². The SMILES string of the molecule is COc1ccc([C@@H]2c3sc(=O)n(CC(=O)Nc4ccccc4)c3SC3C(=O)N(c4ccc(Cl)cc4)C(=O)C32)cc1. The highest BCUT2D eigenvalue weighted by Gasteiger charge is 2.56. The first-order valence-corrected chi connectivity index (χ1v) is 14.5. The Bertz CT molecular complexity index is 1670. The lowest BCUT2D eigenvalue weighted by Crippen LogP contribution is -2.33. The van der Waals surface area contributed by atoms with Crippen LogP contribution in [0.25, 0.3) is 0 Å². The minimum Gasteiger partial charge on any atom is -0.497 e. The summed E-state index contributed by atoms with van der Waals surface area (Å²) >= 11 is 8.22. The summed E-state index contributed by atoms with van der Waals surface area (Å²) < 4.78 is 6.71. The van der Waals surface area contributed by atoms with Crippen LogP contribution in [0.15, 0.2) is 88.7 Å². The average molecular weight is 592 g/mol. The normalized spacial score (nSPS) is 19.8. The Morgan fingerprint density at radius 1 is 0.950 bits per heavy atom. The Labute approximate surface area is 242 Å². The zero-order valence-corrected chi connectivity index (χ0v) is 23.5. The van der Waals surface area contributed by atoms with Crippen molar-refractivity contribution in [3.63, 3.8) is 0 Å². The quantitative estimate of drug-likeness (QED) is 0.317. The number of nitrogens with zero attached hydrogens (tertiary/aromatic N) is 2. The number of anilines is 2. The van der Waals surface area contributed by atoms with Crippen molar-refractivity contribution in [3.05, 3.63) is 104 Å². The van der Waals surface area contributed by atoms with Gasteiger partial charge < -0.3 is 10.1 Å². The highest BCUT2D eigenvalue weighted by Crippen LogP contribution is 2.54. The van der Waals surface area contributed by atoms with E-state index in [1.165, 1.54) is 21.2 Å². The highest BCUT2D eigenvalue weighted by atomic mass is 35.5. The first-order valence-electron chi connectivity index (χ1n) is 12.4. The number of fused-ring (bicyclic) bond motifs is 2. The second-order valence-corrected chi connectivity index (χ2v) is 11.9. The molecule has 1 fully saturated rings. The molecule has 1 N–H and O–H groups in total. The molecule has 3 aromatic carbocycles. The summed E-state index contributed by atoms with van der Waals surface area (Å²) in [6.07, 6.45) is 0. The number of ether oxygens (including phenoxy) is 1. The fourth-order valence-corrected chi connectivity index (χ4v) is 8.04. The molecule has 0 radical (unpaired) electrons. The van der Waals surface area contributed by atoms with Gasteiger partial charge in [0.25, 0.3) is 0 Å². The molecule has 202 valence electrons. The maximum absolute atomic E-state index is 13.9. The van der Waals surface area contributed by atoms with Crippen molar-refractivity contribution >= 4 is 63.8 Å². The number of aromatic nitrogens is 1. The molecule has 3 amide bonds. The van der Waals surface area contributed by atoms with Crippen LogP contribution >= 0.6 is 34.7 Å². The number of rotatable bonds is 6. The van der Waals surface area contributed by atoms with Gasteiger partial charge in [-0.3, -0.25) is 23.7 Å². The van der Waals surface area contributed by atoms with Crippen LogP contribution in [0.5, 0.6) is 5.75 Å². The van der Waals surface area contributed by atoms with E-state index in [1.54, 1.807) is 67.8 Å². The van der Waals surface area contributed by atoms with Gasteiger partial charge in [-0.05, 0) is 54.1 Å². The van der Waals surface area contributed by atoms with Crippen LogP contribution in [0.2, 0.25) is 5.02 Å². The van der Waals surface area contributed by atoms with Crippen LogP contribution in [-0.2, 0) is 20.9 Å². The van der Waals surface area contributed by atoms with Gasteiger partial charge in [0.2, 0.25) is 17.7 Å². The Morgan fingerprint density at radius 3 is 2.33 bits per heavy atom. The topological polar surface area (TPSA) is 97.7 Å². The number of thioether (sulfide) groups is 1. The van der Waals surface area contributed by atoms with Gasteiger partial charge in [-0.15, -0.1) is 0 Å². The van der Waals surface area contributed by atoms with E-state index in [2.05, 4.69) is 5.32 Å². The lowest BCUT2D eigenvalue weighted by Gasteiger charge is -2.30. The van der Waals surface area contributed by atoms with Gasteiger partial charge in [-0.1, -0.05) is 65.0 Å². The van der Waals surface area contributed by atoms with Gasteiger partial charge >= 0.3 is 4.87 Å². The Morgan fingerprint density at radius 2 is 1.65 bits per heavy atom. The molecule has 11 heteroatoms. The Kier molecular flexibility index (Phi) is 6.99. The number of imide groups is 1. The lowest BCUT2D eigenvalue weighted by atomic mass is 9.83. The van der Waals surface area contributed by atoms with E-state index in [-0.39, 0.29) is 29.1 Å². The molecule has 40 heavy (non-hydrogen) atoms. The predicted octanol–water partition coefficient (Wildman–Crippen LogP) is 5.01. The number of carbonyl (C=O) groups is 3. The van der Waals surface area contributed by atoms with Crippen molar-refractivity contribution < 1.29 is 19.1 Å². The van der Waals surface area contributed by atoms with Crippen LogP contribution < -0.4 is 19.8 Å². The monoisotopic (exact) mass is 591 g/mol. The summed E-state index contributed by atoms with van der Waals surface area (Å²) in [6.45, 7) is -0.220. The number of halogens is 1. The van der Waals surface area contributed by atoms with E-state index in [9.17, 15) is 19.2 Å². The number of nitrogens with one attached hydrogen (secondary N) is 1. The molecule has 2 aliphatic rings. The van der Waals surface area contributed by atoms with Crippen LogP contribution in [0.1, 0.15) is 16.4 Å². The van der Waals surface area contributed by atoms with Gasteiger partial charge in [0, 0.05) is 21.5 Å². The van der Waals surface area contributed by atoms with Crippen LogP contribution in [0.4, 0.5) is 11.4 Å². The predicted molar refractivity (Wildman–Crippen MR) is 156 cm³/mol. The zero-order valence-electron chi connectivity index (χ0n) is 21.1. The molecular weight excluding hydrogens is 570 g/mol.